The summed E-state index contributed by atoms with van der Waals surface area (Å²) < 4.78 is 0. The number of hydrogen-bond acceptors (Lipinski definition) is 7. The van der Waals surface area contributed by atoms with Crippen molar-refractivity contribution in [3.05, 3.63) is 50.9 Å². The largest absolute Gasteiger partial charge is 0.342 e. The van der Waals surface area contributed by atoms with Crippen LogP contribution in [0.25, 0.3) is 0 Å². The summed E-state index contributed by atoms with van der Waals surface area (Å²) in [4.78, 5) is 39.5. The molecule has 0 radical (unpaired) electrons. The Kier molecular flexibility index (Phi) is 4.99. The van der Waals surface area contributed by atoms with E-state index in [1.54, 1.807) is 24.5 Å². The topological polar surface area (TPSA) is 133 Å². The molecular weight excluding hydrogens is 296 g/mol. The van der Waals surface area contributed by atoms with Crippen LogP contribution in [0.15, 0.2) is 44.2 Å². The molecule has 0 aliphatic rings. The van der Waals surface area contributed by atoms with Gasteiger partial charge in [0.2, 0.25) is 5.91 Å². The molecule has 3 N–H and O–H groups in total. The Labute approximate surface area is 121 Å². The standard InChI is InChI=1S/C11H10N6O3S/c18-8(15-13-5-7-1-3-12-4-2-7)6-21-10-9(19)14-11(20)17-16-10/h1-5H,6H2,(H,15,18)(H2,14,17,19,20)/b13-5+. The van der Waals surface area contributed by atoms with Crippen LogP contribution >= 0.6 is 11.8 Å². The molecule has 108 valence electrons. The third-order valence-electron chi connectivity index (χ3n) is 2.13. The van der Waals surface area contributed by atoms with E-state index in [0.29, 0.717) is 0 Å². The summed E-state index contributed by atoms with van der Waals surface area (Å²) in [6.45, 7) is 0. The summed E-state index contributed by atoms with van der Waals surface area (Å²) in [5.41, 5.74) is 1.76. The fourth-order valence-electron chi connectivity index (χ4n) is 1.23. The second-order valence-electron chi connectivity index (χ2n) is 3.67. The number of hydrogen-bond donors (Lipinski definition) is 3. The van der Waals surface area contributed by atoms with Crippen molar-refractivity contribution in [3.8, 4) is 0 Å². The van der Waals surface area contributed by atoms with E-state index in [2.05, 4.69) is 25.7 Å². The molecule has 21 heavy (non-hydrogen) atoms. The summed E-state index contributed by atoms with van der Waals surface area (Å²) in [6.07, 6.45) is 4.68. The van der Waals surface area contributed by atoms with E-state index in [-0.39, 0.29) is 10.8 Å². The van der Waals surface area contributed by atoms with Gasteiger partial charge in [0.05, 0.1) is 12.0 Å². The number of rotatable bonds is 5. The number of carbonyl (C=O) groups excluding carboxylic acids is 1. The Bertz CT molecular complexity index is 754. The number of nitrogens with one attached hydrogen (secondary N) is 3. The zero-order chi connectivity index (χ0) is 15.1. The highest BCUT2D eigenvalue weighted by Crippen LogP contribution is 2.06. The van der Waals surface area contributed by atoms with Crippen LogP contribution in [0.3, 0.4) is 0 Å². The first kappa shape index (κ1) is 14.7. The molecular formula is C11H10N6O3S. The van der Waals surface area contributed by atoms with Crippen molar-refractivity contribution in [2.24, 2.45) is 5.10 Å². The quantitative estimate of drug-likeness (QED) is 0.372. The van der Waals surface area contributed by atoms with Gasteiger partial charge in [0, 0.05) is 12.4 Å². The first-order valence-corrected chi connectivity index (χ1v) is 6.67. The summed E-state index contributed by atoms with van der Waals surface area (Å²) >= 11 is 0.889. The molecule has 2 heterocycles. The van der Waals surface area contributed by atoms with Crippen LogP contribution < -0.4 is 16.7 Å². The zero-order valence-electron chi connectivity index (χ0n) is 10.6. The number of carbonyl (C=O) groups is 1. The number of amides is 1. The summed E-state index contributed by atoms with van der Waals surface area (Å²) in [5.74, 6) is -0.465. The lowest BCUT2D eigenvalue weighted by Gasteiger charge is -1.98. The smallest absolute Gasteiger partial charge is 0.272 e. The van der Waals surface area contributed by atoms with Crippen LogP contribution in [0.5, 0.6) is 0 Å². The minimum Gasteiger partial charge on any atom is -0.272 e. The van der Waals surface area contributed by atoms with Crippen LogP contribution in [-0.4, -0.2) is 38.0 Å². The van der Waals surface area contributed by atoms with Gasteiger partial charge in [-0.1, -0.05) is 11.8 Å². The van der Waals surface area contributed by atoms with Gasteiger partial charge in [-0.15, -0.1) is 0 Å². The van der Waals surface area contributed by atoms with Crippen LogP contribution in [0, 0.1) is 0 Å². The molecule has 0 aliphatic heterocycles. The Morgan fingerprint density at radius 1 is 1.38 bits per heavy atom. The fraction of sp³-hybridized carbons (Fsp3) is 0.0909. The molecule has 0 bridgehead atoms. The molecule has 0 saturated heterocycles. The molecule has 0 spiro atoms. The van der Waals surface area contributed by atoms with Gasteiger partial charge in [0.25, 0.3) is 5.56 Å². The summed E-state index contributed by atoms with van der Waals surface area (Å²) in [7, 11) is 0. The van der Waals surface area contributed by atoms with Gasteiger partial charge in [0.1, 0.15) is 0 Å². The third-order valence-corrected chi connectivity index (χ3v) is 3.09. The van der Waals surface area contributed by atoms with Gasteiger partial charge < -0.3 is 0 Å². The van der Waals surface area contributed by atoms with Crippen molar-refractivity contribution >= 4 is 23.9 Å². The van der Waals surface area contributed by atoms with E-state index in [1.807, 2.05) is 4.98 Å². The monoisotopic (exact) mass is 306 g/mol. The molecule has 0 unspecified atom stereocenters. The molecule has 0 atom stereocenters. The Morgan fingerprint density at radius 3 is 2.86 bits per heavy atom. The molecule has 0 saturated carbocycles. The Balaban J connectivity index is 1.84. The predicted molar refractivity (Wildman–Crippen MR) is 76.2 cm³/mol. The van der Waals surface area contributed by atoms with Crippen LogP contribution in [0.4, 0.5) is 0 Å². The molecule has 0 fully saturated rings. The number of aromatic nitrogens is 4. The first-order chi connectivity index (χ1) is 10.1. The highest BCUT2D eigenvalue weighted by Gasteiger charge is 2.06. The van der Waals surface area contributed by atoms with Crippen molar-refractivity contribution in [1.29, 1.82) is 0 Å². The molecule has 10 heteroatoms. The number of nitrogens with zero attached hydrogens (tertiary/aromatic N) is 3. The maximum atomic E-state index is 11.5. The van der Waals surface area contributed by atoms with Crippen molar-refractivity contribution in [2.75, 3.05) is 5.75 Å². The summed E-state index contributed by atoms with van der Waals surface area (Å²) in [6, 6.07) is 3.46. The number of H-pyrrole nitrogens is 2. The summed E-state index contributed by atoms with van der Waals surface area (Å²) in [5, 5.41) is 9.38. The minimum atomic E-state index is -0.698. The Hall–Kier alpha value is -2.75. The lowest BCUT2D eigenvalue weighted by atomic mass is 10.3. The average Bonchev–Trinajstić information content (AvgIpc) is 2.47. The molecule has 2 aromatic heterocycles. The maximum absolute atomic E-state index is 11.5. The normalized spacial score (nSPS) is 10.7. The van der Waals surface area contributed by atoms with Crippen molar-refractivity contribution in [3.63, 3.8) is 0 Å². The van der Waals surface area contributed by atoms with Gasteiger partial charge in [-0.2, -0.15) is 10.2 Å². The van der Waals surface area contributed by atoms with Gasteiger partial charge in [-0.25, -0.2) is 15.3 Å². The molecule has 0 aliphatic carbocycles. The van der Waals surface area contributed by atoms with Gasteiger partial charge in [-0.05, 0) is 17.7 Å². The van der Waals surface area contributed by atoms with Gasteiger partial charge in [-0.3, -0.25) is 19.6 Å². The highest BCUT2D eigenvalue weighted by atomic mass is 32.2. The van der Waals surface area contributed by atoms with Crippen molar-refractivity contribution < 1.29 is 4.79 Å². The number of thioether (sulfide) groups is 1. The number of aromatic amines is 2. The van der Waals surface area contributed by atoms with Crippen LogP contribution in [0.1, 0.15) is 5.56 Å². The average molecular weight is 306 g/mol. The fourth-order valence-corrected chi connectivity index (χ4v) is 1.85. The second kappa shape index (κ2) is 7.14. The van der Waals surface area contributed by atoms with E-state index < -0.39 is 17.2 Å². The lowest BCUT2D eigenvalue weighted by molar-refractivity contribution is -0.118. The van der Waals surface area contributed by atoms with Gasteiger partial charge >= 0.3 is 5.69 Å². The van der Waals surface area contributed by atoms with E-state index >= 15 is 0 Å². The molecule has 0 aromatic carbocycles. The zero-order valence-corrected chi connectivity index (χ0v) is 11.4. The molecule has 1 amide bonds. The highest BCUT2D eigenvalue weighted by molar-refractivity contribution is 7.99. The number of hydrazone groups is 1. The third kappa shape index (κ3) is 4.69. The lowest BCUT2D eigenvalue weighted by Crippen LogP contribution is -2.26. The SMILES string of the molecule is O=C(CSc1n[nH]c(=O)[nH]c1=O)N/N=C/c1ccncc1. The molecule has 2 rings (SSSR count). The van der Waals surface area contributed by atoms with E-state index in [1.165, 1.54) is 6.21 Å². The minimum absolute atomic E-state index is 0.00265. The van der Waals surface area contributed by atoms with Crippen LogP contribution in [-0.2, 0) is 4.79 Å². The second-order valence-corrected chi connectivity index (χ2v) is 4.64. The van der Waals surface area contributed by atoms with E-state index in [4.69, 9.17) is 0 Å². The molecule has 2 aromatic rings. The van der Waals surface area contributed by atoms with E-state index in [9.17, 15) is 14.4 Å². The van der Waals surface area contributed by atoms with Gasteiger partial charge in [0.15, 0.2) is 5.03 Å². The first-order valence-electron chi connectivity index (χ1n) is 5.69. The van der Waals surface area contributed by atoms with E-state index in [0.717, 1.165) is 17.3 Å². The predicted octanol–water partition coefficient (Wildman–Crippen LogP) is -0.904. The molecule has 9 nitrogen and oxygen atoms in total. The van der Waals surface area contributed by atoms with Crippen LogP contribution in [0.2, 0.25) is 0 Å². The van der Waals surface area contributed by atoms with Crippen molar-refractivity contribution in [2.45, 2.75) is 5.03 Å². The number of pyridine rings is 1. The van der Waals surface area contributed by atoms with Crippen molar-refractivity contribution in [1.82, 2.24) is 25.6 Å². The Morgan fingerprint density at radius 2 is 2.14 bits per heavy atom. The maximum Gasteiger partial charge on any atom is 0.342 e.